The fourth-order valence-corrected chi connectivity index (χ4v) is 3.48. The molecule has 2 heterocycles. The lowest BCUT2D eigenvalue weighted by atomic mass is 9.98. The van der Waals surface area contributed by atoms with Crippen molar-refractivity contribution in [3.05, 3.63) is 71.8 Å². The molecule has 0 bridgehead atoms. The zero-order valence-corrected chi connectivity index (χ0v) is 15.1. The first-order valence-corrected chi connectivity index (χ1v) is 9.00. The normalized spacial score (nSPS) is 22.8. The van der Waals surface area contributed by atoms with Gasteiger partial charge >= 0.3 is 0 Å². The van der Waals surface area contributed by atoms with Gasteiger partial charge in [0.15, 0.2) is 0 Å². The maximum Gasteiger partial charge on any atom is 0.0320 e. The third-order valence-electron chi connectivity index (χ3n) is 4.77. The van der Waals surface area contributed by atoms with E-state index in [1.165, 1.54) is 56.3 Å². The van der Waals surface area contributed by atoms with E-state index in [0.717, 1.165) is 0 Å². The van der Waals surface area contributed by atoms with Crippen LogP contribution in [-0.2, 0) is 0 Å². The lowest BCUT2D eigenvalue weighted by Gasteiger charge is -2.23. The maximum atomic E-state index is 3.54. The van der Waals surface area contributed by atoms with E-state index in [4.69, 9.17) is 0 Å². The SMILES string of the molecule is Cl.c1ccc(C2CCCCN2)cc1.c1ccc(C2CCCN2)cc1. The molecule has 2 aromatic carbocycles. The number of benzene rings is 2. The van der Waals surface area contributed by atoms with Crippen LogP contribution in [0.4, 0.5) is 0 Å². The maximum absolute atomic E-state index is 3.54. The van der Waals surface area contributed by atoms with E-state index in [-0.39, 0.29) is 12.4 Å². The Morgan fingerprint density at radius 1 is 0.583 bits per heavy atom. The smallest absolute Gasteiger partial charge is 0.0320 e. The van der Waals surface area contributed by atoms with Gasteiger partial charge in [-0.25, -0.2) is 0 Å². The highest BCUT2D eigenvalue weighted by Crippen LogP contribution is 2.22. The van der Waals surface area contributed by atoms with Crippen LogP contribution in [0.15, 0.2) is 60.7 Å². The molecule has 2 fully saturated rings. The standard InChI is InChI=1S/C11H15N.C10H13N.ClH/c1-2-6-10(7-3-1)11-8-4-5-9-12-11;1-2-5-9(6-3-1)10-7-4-8-11-10;/h1-3,6-7,11-12H,4-5,8-9H2;1-3,5-6,10-11H,4,7-8H2;1H. The fourth-order valence-electron chi connectivity index (χ4n) is 3.48. The number of hydrogen-bond acceptors (Lipinski definition) is 2. The molecule has 0 aliphatic carbocycles. The van der Waals surface area contributed by atoms with Crippen LogP contribution in [0.1, 0.15) is 55.3 Å². The summed E-state index contributed by atoms with van der Waals surface area (Å²) in [5.74, 6) is 0. The molecule has 2 aromatic rings. The molecule has 2 aliphatic heterocycles. The van der Waals surface area contributed by atoms with Crippen molar-refractivity contribution < 1.29 is 0 Å². The summed E-state index contributed by atoms with van der Waals surface area (Å²) < 4.78 is 0. The van der Waals surface area contributed by atoms with Crippen LogP contribution in [-0.4, -0.2) is 13.1 Å². The van der Waals surface area contributed by atoms with Gasteiger partial charge in [0.2, 0.25) is 0 Å². The second kappa shape index (κ2) is 10.5. The van der Waals surface area contributed by atoms with Gasteiger partial charge in [0.05, 0.1) is 0 Å². The lowest BCUT2D eigenvalue weighted by Crippen LogP contribution is -2.26. The Bertz CT molecular complexity index is 547. The van der Waals surface area contributed by atoms with Crippen molar-refractivity contribution in [1.29, 1.82) is 0 Å². The van der Waals surface area contributed by atoms with Crippen molar-refractivity contribution in [2.24, 2.45) is 0 Å². The Labute approximate surface area is 152 Å². The van der Waals surface area contributed by atoms with Crippen LogP contribution >= 0.6 is 12.4 Å². The van der Waals surface area contributed by atoms with Crippen LogP contribution < -0.4 is 10.6 Å². The summed E-state index contributed by atoms with van der Waals surface area (Å²) in [4.78, 5) is 0. The molecule has 3 heteroatoms. The van der Waals surface area contributed by atoms with Crippen LogP contribution in [0.3, 0.4) is 0 Å². The molecular formula is C21H29ClN2. The average Bonchev–Trinajstić information content (AvgIpc) is 3.19. The van der Waals surface area contributed by atoms with Crippen molar-refractivity contribution in [2.45, 2.75) is 44.2 Å². The summed E-state index contributed by atoms with van der Waals surface area (Å²) in [6, 6.07) is 22.6. The molecule has 2 unspecified atom stereocenters. The minimum Gasteiger partial charge on any atom is -0.310 e. The highest BCUT2D eigenvalue weighted by atomic mass is 35.5. The minimum absolute atomic E-state index is 0. The Morgan fingerprint density at radius 3 is 1.46 bits per heavy atom. The molecule has 4 rings (SSSR count). The van der Waals surface area contributed by atoms with Gasteiger partial charge in [-0.2, -0.15) is 0 Å². The summed E-state index contributed by atoms with van der Waals surface area (Å²) in [7, 11) is 0. The summed E-state index contributed by atoms with van der Waals surface area (Å²) >= 11 is 0. The summed E-state index contributed by atoms with van der Waals surface area (Å²) in [5.41, 5.74) is 2.88. The van der Waals surface area contributed by atoms with Gasteiger partial charge in [0.1, 0.15) is 0 Å². The van der Waals surface area contributed by atoms with Crippen molar-refractivity contribution in [1.82, 2.24) is 10.6 Å². The van der Waals surface area contributed by atoms with Gasteiger partial charge < -0.3 is 10.6 Å². The summed E-state index contributed by atoms with van der Waals surface area (Å²) in [6.07, 6.45) is 6.61. The average molecular weight is 345 g/mol. The Balaban J connectivity index is 0.000000167. The molecule has 2 atom stereocenters. The third-order valence-corrected chi connectivity index (χ3v) is 4.77. The van der Waals surface area contributed by atoms with E-state index in [0.29, 0.717) is 12.1 Å². The van der Waals surface area contributed by atoms with Gasteiger partial charge in [-0.05, 0) is 49.9 Å². The zero-order chi connectivity index (χ0) is 15.7. The van der Waals surface area contributed by atoms with Crippen molar-refractivity contribution in [3.8, 4) is 0 Å². The first-order valence-electron chi connectivity index (χ1n) is 9.00. The molecule has 24 heavy (non-hydrogen) atoms. The number of hydrogen-bond donors (Lipinski definition) is 2. The number of rotatable bonds is 2. The van der Waals surface area contributed by atoms with Crippen LogP contribution in [0.25, 0.3) is 0 Å². The van der Waals surface area contributed by atoms with E-state index < -0.39 is 0 Å². The Morgan fingerprint density at radius 2 is 1.04 bits per heavy atom. The highest BCUT2D eigenvalue weighted by Gasteiger charge is 2.14. The molecule has 2 saturated heterocycles. The molecule has 0 aromatic heterocycles. The summed E-state index contributed by atoms with van der Waals surface area (Å²) in [5, 5.41) is 7.01. The number of piperidine rings is 1. The molecule has 0 saturated carbocycles. The topological polar surface area (TPSA) is 24.1 Å². The second-order valence-corrected chi connectivity index (χ2v) is 6.47. The molecule has 2 N–H and O–H groups in total. The van der Waals surface area contributed by atoms with Crippen molar-refractivity contribution in [3.63, 3.8) is 0 Å². The lowest BCUT2D eigenvalue weighted by molar-refractivity contribution is 0.412. The van der Waals surface area contributed by atoms with E-state index in [9.17, 15) is 0 Å². The van der Waals surface area contributed by atoms with Gasteiger partial charge in [-0.3, -0.25) is 0 Å². The third kappa shape index (κ3) is 5.62. The molecule has 0 radical (unpaired) electrons. The second-order valence-electron chi connectivity index (χ2n) is 6.47. The van der Waals surface area contributed by atoms with E-state index in [2.05, 4.69) is 71.3 Å². The number of nitrogens with one attached hydrogen (secondary N) is 2. The molecule has 130 valence electrons. The Hall–Kier alpha value is -1.35. The van der Waals surface area contributed by atoms with Gasteiger partial charge in [0, 0.05) is 12.1 Å². The van der Waals surface area contributed by atoms with Gasteiger partial charge in [0.25, 0.3) is 0 Å². The van der Waals surface area contributed by atoms with E-state index in [1.54, 1.807) is 0 Å². The minimum atomic E-state index is 0. The first kappa shape index (κ1) is 19.0. The fraction of sp³-hybridized carbons (Fsp3) is 0.429. The molecule has 0 amide bonds. The van der Waals surface area contributed by atoms with E-state index in [1.807, 2.05) is 0 Å². The molecule has 0 spiro atoms. The molecule has 2 nitrogen and oxygen atoms in total. The quantitative estimate of drug-likeness (QED) is 0.798. The van der Waals surface area contributed by atoms with Crippen molar-refractivity contribution in [2.75, 3.05) is 13.1 Å². The van der Waals surface area contributed by atoms with Gasteiger partial charge in [-0.15, -0.1) is 12.4 Å². The van der Waals surface area contributed by atoms with Crippen LogP contribution in [0.2, 0.25) is 0 Å². The molecular weight excluding hydrogens is 316 g/mol. The largest absolute Gasteiger partial charge is 0.310 e. The Kier molecular flexibility index (Phi) is 8.31. The van der Waals surface area contributed by atoms with Gasteiger partial charge in [-0.1, -0.05) is 67.1 Å². The predicted molar refractivity (Wildman–Crippen MR) is 105 cm³/mol. The highest BCUT2D eigenvalue weighted by molar-refractivity contribution is 5.85. The predicted octanol–water partition coefficient (Wildman–Crippen LogP) is 5.03. The van der Waals surface area contributed by atoms with Crippen LogP contribution in [0, 0.1) is 0 Å². The van der Waals surface area contributed by atoms with E-state index >= 15 is 0 Å². The number of halogens is 1. The first-order chi connectivity index (χ1) is 11.4. The molecule has 2 aliphatic rings. The monoisotopic (exact) mass is 344 g/mol. The summed E-state index contributed by atoms with van der Waals surface area (Å²) in [6.45, 7) is 2.36. The van der Waals surface area contributed by atoms with Crippen molar-refractivity contribution >= 4 is 12.4 Å². The zero-order valence-electron chi connectivity index (χ0n) is 14.3. The van der Waals surface area contributed by atoms with Crippen LogP contribution in [0.5, 0.6) is 0 Å².